The molecule has 0 spiro atoms. The molecule has 8 heteroatoms. The van der Waals surface area contributed by atoms with Crippen molar-refractivity contribution in [1.82, 2.24) is 29.7 Å². The van der Waals surface area contributed by atoms with Gasteiger partial charge in [-0.05, 0) is 26.0 Å². The number of hydrogen-bond acceptors (Lipinski definition) is 6. The number of nitrogens with one attached hydrogen (secondary N) is 1. The fourth-order valence-corrected chi connectivity index (χ4v) is 3.81. The second kappa shape index (κ2) is 7.87. The number of pyridine rings is 1. The first-order valence-corrected chi connectivity index (χ1v) is 9.76. The molecule has 0 radical (unpaired) electrons. The van der Waals surface area contributed by atoms with Gasteiger partial charge in [0.15, 0.2) is 5.82 Å². The van der Waals surface area contributed by atoms with E-state index in [1.165, 1.54) is 0 Å². The van der Waals surface area contributed by atoms with Gasteiger partial charge in [-0.3, -0.25) is 4.68 Å². The number of ether oxygens (including phenoxy) is 1. The summed E-state index contributed by atoms with van der Waals surface area (Å²) in [5.74, 6) is 1.59. The zero-order chi connectivity index (χ0) is 20.0. The molecule has 5 rings (SSSR count). The highest BCUT2D eigenvalue weighted by atomic mass is 16.5. The number of hydrogen-bond donors (Lipinski definition) is 1. The molecular formula is C22H27N7O. The van der Waals surface area contributed by atoms with Gasteiger partial charge in [0.2, 0.25) is 0 Å². The molecule has 1 atom stereocenters. The zero-order valence-electron chi connectivity index (χ0n) is 16.8. The van der Waals surface area contributed by atoms with Crippen LogP contribution in [0.25, 0.3) is 33.7 Å². The molecule has 0 bridgehead atoms. The van der Waals surface area contributed by atoms with Crippen LogP contribution in [0, 0.1) is 6.92 Å². The van der Waals surface area contributed by atoms with Crippen molar-refractivity contribution in [2.45, 2.75) is 27.3 Å². The van der Waals surface area contributed by atoms with Crippen molar-refractivity contribution in [1.29, 1.82) is 0 Å². The summed E-state index contributed by atoms with van der Waals surface area (Å²) >= 11 is 0. The molecule has 1 fully saturated rings. The number of fused-ring (bicyclic) bond motifs is 1. The molecule has 5 heterocycles. The fraction of sp³-hybridized carbons (Fsp3) is 0.364. The molecule has 4 aromatic heterocycles. The van der Waals surface area contributed by atoms with Crippen LogP contribution in [0.5, 0.6) is 0 Å². The highest BCUT2D eigenvalue weighted by Crippen LogP contribution is 2.31. The molecular weight excluding hydrogens is 378 g/mol. The van der Waals surface area contributed by atoms with Crippen LogP contribution >= 0.6 is 0 Å². The Bertz CT molecular complexity index is 1180. The lowest BCUT2D eigenvalue weighted by Gasteiger charge is -2.34. The van der Waals surface area contributed by atoms with Gasteiger partial charge in [0.05, 0.1) is 31.1 Å². The van der Waals surface area contributed by atoms with Crippen LogP contribution in [0.4, 0.5) is 5.82 Å². The smallest absolute Gasteiger partial charge is 0.162 e. The quantitative estimate of drug-likeness (QED) is 0.561. The lowest BCUT2D eigenvalue weighted by atomic mass is 10.1. The first-order valence-electron chi connectivity index (χ1n) is 9.76. The summed E-state index contributed by atoms with van der Waals surface area (Å²) in [6.45, 7) is 6.41. The number of morpholine rings is 1. The lowest BCUT2D eigenvalue weighted by Crippen LogP contribution is -2.44. The van der Waals surface area contributed by atoms with E-state index < -0.39 is 0 Å². The highest BCUT2D eigenvalue weighted by Gasteiger charge is 2.23. The molecule has 0 aromatic carbocycles. The standard InChI is InChI=1S/C21H23N7O.CH4/c1-13-12-29-9-8-28(13)19-10-18(17-11-24-27(3)14(17)2)25-21(26-19)16-5-7-23-20-15(16)4-6-22-20;/h4-7,10-11,13H,8-9,12H2,1-3H3,(H,22,23);1H4/t13-;/m1./s1. The summed E-state index contributed by atoms with van der Waals surface area (Å²) in [4.78, 5) is 19.7. The summed E-state index contributed by atoms with van der Waals surface area (Å²) in [6.07, 6.45) is 5.55. The van der Waals surface area contributed by atoms with Crippen molar-refractivity contribution in [2.24, 2.45) is 7.05 Å². The van der Waals surface area contributed by atoms with Gasteiger partial charge in [-0.15, -0.1) is 0 Å². The van der Waals surface area contributed by atoms with Crippen LogP contribution in [0.1, 0.15) is 20.0 Å². The molecule has 1 aliphatic rings. The number of aromatic nitrogens is 6. The average molecular weight is 406 g/mol. The molecule has 8 nitrogen and oxygen atoms in total. The predicted octanol–water partition coefficient (Wildman–Crippen LogP) is 3.59. The third-order valence-electron chi connectivity index (χ3n) is 5.59. The minimum absolute atomic E-state index is 0. The van der Waals surface area contributed by atoms with Gasteiger partial charge in [-0.25, -0.2) is 15.0 Å². The van der Waals surface area contributed by atoms with Crippen LogP contribution in [0.2, 0.25) is 0 Å². The Hall–Kier alpha value is -3.26. The Morgan fingerprint density at radius 3 is 2.83 bits per heavy atom. The maximum Gasteiger partial charge on any atom is 0.162 e. The van der Waals surface area contributed by atoms with Crippen molar-refractivity contribution in [2.75, 3.05) is 24.7 Å². The largest absolute Gasteiger partial charge is 0.377 e. The fourth-order valence-electron chi connectivity index (χ4n) is 3.81. The Labute approximate surface area is 175 Å². The second-order valence-electron chi connectivity index (χ2n) is 7.42. The minimum Gasteiger partial charge on any atom is -0.377 e. The second-order valence-corrected chi connectivity index (χ2v) is 7.42. The van der Waals surface area contributed by atoms with E-state index in [1.807, 2.05) is 36.3 Å². The number of H-pyrrole nitrogens is 1. The number of anilines is 1. The van der Waals surface area contributed by atoms with Gasteiger partial charge >= 0.3 is 0 Å². The minimum atomic E-state index is 0. The number of rotatable bonds is 3. The van der Waals surface area contributed by atoms with Gasteiger partial charge < -0.3 is 14.6 Å². The van der Waals surface area contributed by atoms with Crippen molar-refractivity contribution in [3.8, 4) is 22.6 Å². The van der Waals surface area contributed by atoms with E-state index in [1.54, 1.807) is 6.20 Å². The molecule has 1 saturated heterocycles. The SMILES string of the molecule is C.Cc1c(-c2cc(N3CCOC[C@H]3C)nc(-c3ccnc4[nH]ccc34)n2)cnn1C. The molecule has 4 aromatic rings. The predicted molar refractivity (Wildman–Crippen MR) is 118 cm³/mol. The third kappa shape index (κ3) is 3.33. The summed E-state index contributed by atoms with van der Waals surface area (Å²) in [7, 11) is 1.94. The van der Waals surface area contributed by atoms with Gasteiger partial charge in [-0.2, -0.15) is 5.10 Å². The van der Waals surface area contributed by atoms with E-state index in [4.69, 9.17) is 14.7 Å². The Morgan fingerprint density at radius 1 is 1.20 bits per heavy atom. The summed E-state index contributed by atoms with van der Waals surface area (Å²) < 4.78 is 7.49. The molecule has 1 N–H and O–H groups in total. The summed E-state index contributed by atoms with van der Waals surface area (Å²) in [5, 5.41) is 5.41. The van der Waals surface area contributed by atoms with Crippen molar-refractivity contribution < 1.29 is 4.74 Å². The first kappa shape index (κ1) is 20.0. The number of aromatic amines is 1. The van der Waals surface area contributed by atoms with Gasteiger partial charge in [0.1, 0.15) is 11.5 Å². The van der Waals surface area contributed by atoms with Gasteiger partial charge in [-0.1, -0.05) is 7.43 Å². The van der Waals surface area contributed by atoms with Gasteiger partial charge in [0, 0.05) is 54.3 Å². The highest BCUT2D eigenvalue weighted by molar-refractivity contribution is 5.91. The molecule has 0 unspecified atom stereocenters. The van der Waals surface area contributed by atoms with Crippen LogP contribution in [-0.4, -0.2) is 55.5 Å². The molecule has 30 heavy (non-hydrogen) atoms. The lowest BCUT2D eigenvalue weighted by molar-refractivity contribution is 0.0985. The summed E-state index contributed by atoms with van der Waals surface area (Å²) in [6, 6.07) is 6.29. The van der Waals surface area contributed by atoms with Crippen molar-refractivity contribution in [3.63, 3.8) is 0 Å². The molecule has 0 aliphatic carbocycles. The topological polar surface area (TPSA) is 84.8 Å². The average Bonchev–Trinajstić information content (AvgIpc) is 3.35. The van der Waals surface area contributed by atoms with Crippen LogP contribution in [0.15, 0.2) is 36.8 Å². The van der Waals surface area contributed by atoms with E-state index in [9.17, 15) is 0 Å². The van der Waals surface area contributed by atoms with Gasteiger partial charge in [0.25, 0.3) is 0 Å². The molecule has 156 valence electrons. The first-order chi connectivity index (χ1) is 14.1. The van der Waals surface area contributed by atoms with Crippen molar-refractivity contribution >= 4 is 16.9 Å². The number of nitrogens with zero attached hydrogens (tertiary/aromatic N) is 6. The molecule has 0 saturated carbocycles. The van der Waals surface area contributed by atoms with E-state index in [-0.39, 0.29) is 13.5 Å². The maximum atomic E-state index is 5.62. The normalized spacial score (nSPS) is 16.6. The van der Waals surface area contributed by atoms with Crippen LogP contribution in [0.3, 0.4) is 0 Å². The number of aryl methyl sites for hydroxylation is 1. The molecule has 0 amide bonds. The van der Waals surface area contributed by atoms with E-state index in [0.717, 1.165) is 45.9 Å². The van der Waals surface area contributed by atoms with E-state index in [2.05, 4.69) is 39.9 Å². The zero-order valence-corrected chi connectivity index (χ0v) is 16.8. The summed E-state index contributed by atoms with van der Waals surface area (Å²) in [5.41, 5.74) is 4.74. The molecule has 1 aliphatic heterocycles. The van der Waals surface area contributed by atoms with Crippen LogP contribution in [-0.2, 0) is 11.8 Å². The maximum absolute atomic E-state index is 5.62. The Morgan fingerprint density at radius 2 is 2.07 bits per heavy atom. The Kier molecular flexibility index (Phi) is 5.26. The van der Waals surface area contributed by atoms with E-state index >= 15 is 0 Å². The van der Waals surface area contributed by atoms with E-state index in [0.29, 0.717) is 19.0 Å². The monoisotopic (exact) mass is 405 g/mol. The Balaban J connectivity index is 0.00000218. The van der Waals surface area contributed by atoms with Crippen molar-refractivity contribution in [3.05, 3.63) is 42.5 Å². The third-order valence-corrected chi connectivity index (χ3v) is 5.59. The van der Waals surface area contributed by atoms with Crippen LogP contribution < -0.4 is 4.90 Å².